The highest BCUT2D eigenvalue weighted by Crippen LogP contribution is 2.29. The van der Waals surface area contributed by atoms with Crippen molar-refractivity contribution < 1.29 is 17.6 Å². The van der Waals surface area contributed by atoms with Gasteiger partial charge in [0.1, 0.15) is 5.76 Å². The molecule has 0 fully saturated rings. The van der Waals surface area contributed by atoms with Gasteiger partial charge >= 0.3 is 6.18 Å². The Morgan fingerprint density at radius 2 is 1.90 bits per heavy atom. The van der Waals surface area contributed by atoms with Gasteiger partial charge in [0.2, 0.25) is 0 Å². The van der Waals surface area contributed by atoms with E-state index in [0.29, 0.717) is 24.5 Å². The number of nitrogens with zero attached hydrogens (tertiary/aromatic N) is 1. The Kier molecular flexibility index (Phi) is 12.2. The molecule has 2 N–H and O–H groups in total. The number of hydrogen-bond acceptors (Lipinski definition) is 3. The third-order valence-electron chi connectivity index (χ3n) is 3.99. The monoisotopic (exact) mass is 541 g/mol. The molecule has 0 spiro atoms. The molecule has 1 aromatic heterocycles. The summed E-state index contributed by atoms with van der Waals surface area (Å²) in [7, 11) is 0. The molecule has 0 atom stereocenters. The van der Waals surface area contributed by atoms with Crippen molar-refractivity contribution in [2.45, 2.75) is 32.0 Å². The number of unbranched alkanes of at least 4 members (excludes halogenated alkanes) is 1. The maximum absolute atomic E-state index is 12.9. The van der Waals surface area contributed by atoms with Crippen LogP contribution in [-0.4, -0.2) is 31.1 Å². The zero-order chi connectivity index (χ0) is 20.2. The molecule has 1 aromatic carbocycles. The summed E-state index contributed by atoms with van der Waals surface area (Å²) in [5.74, 6) is 2.56. The molecule has 0 bridgehead atoms. The fraction of sp³-hybridized carbons (Fsp3) is 0.450. The molecule has 0 unspecified atom stereocenters. The molecule has 2 aromatic rings. The molecule has 0 aliphatic heterocycles. The topological polar surface area (TPSA) is 49.6 Å². The zero-order valence-electron chi connectivity index (χ0n) is 16.3. The highest BCUT2D eigenvalue weighted by Gasteiger charge is 2.30. The number of benzene rings is 1. The van der Waals surface area contributed by atoms with Crippen LogP contribution in [0.15, 0.2) is 52.1 Å². The van der Waals surface area contributed by atoms with Crippen LogP contribution in [0.4, 0.5) is 13.2 Å². The van der Waals surface area contributed by atoms with Crippen LogP contribution >= 0.6 is 35.7 Å². The Morgan fingerprint density at radius 1 is 1.10 bits per heavy atom. The van der Waals surface area contributed by atoms with Gasteiger partial charge in [0, 0.05) is 19.5 Å². The first-order valence-corrected chi connectivity index (χ1v) is 10.6. The average Bonchev–Trinajstić information content (AvgIpc) is 3.18. The van der Waals surface area contributed by atoms with E-state index in [1.165, 1.54) is 6.07 Å². The molecule has 0 radical (unpaired) electrons. The minimum atomic E-state index is -4.35. The second-order valence-electron chi connectivity index (χ2n) is 6.25. The van der Waals surface area contributed by atoms with Crippen molar-refractivity contribution in [1.82, 2.24) is 10.6 Å². The minimum absolute atomic E-state index is 0. The smallest absolute Gasteiger partial charge is 0.416 e. The second kappa shape index (κ2) is 13.8. The lowest BCUT2D eigenvalue weighted by Gasteiger charge is -2.13. The number of thioether (sulfide) groups is 1. The standard InChI is InChI=1S/C20H26F3N3OS.HI/c1-28-13-3-2-10-24-19(25-11-9-18-8-5-12-27-18)26-15-16-6-4-7-17(14-16)20(21,22)23;/h4-8,12,14H,2-3,9-11,13,15H2,1H3,(H2,24,25,26);1H. The third kappa shape index (κ3) is 10.3. The first-order chi connectivity index (χ1) is 13.5. The number of furan rings is 1. The van der Waals surface area contributed by atoms with Crippen LogP contribution in [0.25, 0.3) is 0 Å². The van der Waals surface area contributed by atoms with Gasteiger partial charge in [0.15, 0.2) is 5.96 Å². The molecule has 1 heterocycles. The van der Waals surface area contributed by atoms with Crippen molar-refractivity contribution in [3.05, 3.63) is 59.5 Å². The molecule has 0 aliphatic carbocycles. The van der Waals surface area contributed by atoms with Crippen LogP contribution < -0.4 is 10.6 Å². The molecule has 2 rings (SSSR count). The molecule has 0 saturated carbocycles. The zero-order valence-corrected chi connectivity index (χ0v) is 19.4. The molecular formula is C20H27F3IN3OS. The van der Waals surface area contributed by atoms with Gasteiger partial charge in [0.05, 0.1) is 18.4 Å². The first-order valence-electron chi connectivity index (χ1n) is 9.18. The summed E-state index contributed by atoms with van der Waals surface area (Å²) in [5.41, 5.74) is -0.137. The van der Waals surface area contributed by atoms with Gasteiger partial charge in [-0.1, -0.05) is 12.1 Å². The van der Waals surface area contributed by atoms with E-state index in [2.05, 4.69) is 21.9 Å². The van der Waals surface area contributed by atoms with Crippen molar-refractivity contribution in [2.24, 2.45) is 4.99 Å². The first kappa shape index (κ1) is 25.7. The quantitative estimate of drug-likeness (QED) is 0.185. The van der Waals surface area contributed by atoms with Crippen molar-refractivity contribution in [3.63, 3.8) is 0 Å². The number of alkyl halides is 3. The van der Waals surface area contributed by atoms with Crippen molar-refractivity contribution in [2.75, 3.05) is 25.1 Å². The average molecular weight is 541 g/mol. The number of hydrogen-bond donors (Lipinski definition) is 2. The summed E-state index contributed by atoms with van der Waals surface area (Å²) >= 11 is 1.81. The highest BCUT2D eigenvalue weighted by molar-refractivity contribution is 14.0. The highest BCUT2D eigenvalue weighted by atomic mass is 127. The number of halogens is 4. The van der Waals surface area contributed by atoms with E-state index in [1.54, 1.807) is 12.3 Å². The lowest BCUT2D eigenvalue weighted by Crippen LogP contribution is -2.39. The summed E-state index contributed by atoms with van der Waals surface area (Å²) in [6.07, 6.45) is 2.15. The fourth-order valence-corrected chi connectivity index (χ4v) is 3.02. The lowest BCUT2D eigenvalue weighted by molar-refractivity contribution is -0.137. The van der Waals surface area contributed by atoms with E-state index < -0.39 is 11.7 Å². The summed E-state index contributed by atoms with van der Waals surface area (Å²) in [5, 5.41) is 6.47. The van der Waals surface area contributed by atoms with Gasteiger partial charge in [-0.3, -0.25) is 0 Å². The van der Waals surface area contributed by atoms with Gasteiger partial charge in [-0.2, -0.15) is 24.9 Å². The number of nitrogens with one attached hydrogen (secondary N) is 2. The molecule has 9 heteroatoms. The van der Waals surface area contributed by atoms with Crippen LogP contribution in [0.5, 0.6) is 0 Å². The second-order valence-corrected chi connectivity index (χ2v) is 7.23. The summed E-state index contributed by atoms with van der Waals surface area (Å²) in [6, 6.07) is 9.01. The van der Waals surface area contributed by atoms with Crippen molar-refractivity contribution >= 4 is 41.7 Å². The van der Waals surface area contributed by atoms with Gasteiger partial charge < -0.3 is 15.1 Å². The third-order valence-corrected chi connectivity index (χ3v) is 4.68. The maximum Gasteiger partial charge on any atom is 0.416 e. The molecule has 4 nitrogen and oxygen atoms in total. The summed E-state index contributed by atoms with van der Waals surface area (Å²) < 4.78 is 43.9. The van der Waals surface area contributed by atoms with E-state index >= 15 is 0 Å². The van der Waals surface area contributed by atoms with E-state index in [1.807, 2.05) is 23.9 Å². The molecule has 0 saturated heterocycles. The Balaban J connectivity index is 0.00000420. The summed E-state index contributed by atoms with van der Waals surface area (Å²) in [4.78, 5) is 4.45. The number of aliphatic imine (C=N–C) groups is 1. The maximum atomic E-state index is 12.9. The SMILES string of the molecule is CSCCCCNC(=NCc1cccc(C(F)(F)F)c1)NCCc1ccco1.I. The van der Waals surface area contributed by atoms with Gasteiger partial charge in [-0.05, 0) is 54.7 Å². The predicted molar refractivity (Wildman–Crippen MR) is 124 cm³/mol. The van der Waals surface area contributed by atoms with E-state index in [-0.39, 0.29) is 30.5 Å². The Bertz CT molecular complexity index is 724. The van der Waals surface area contributed by atoms with Crippen LogP contribution in [0.3, 0.4) is 0 Å². The van der Waals surface area contributed by atoms with Crippen LogP contribution in [0.2, 0.25) is 0 Å². The molecule has 0 amide bonds. The molecule has 0 aliphatic rings. The predicted octanol–water partition coefficient (Wildman–Crippen LogP) is 5.34. The number of guanidine groups is 1. The van der Waals surface area contributed by atoms with Gasteiger partial charge in [-0.15, -0.1) is 24.0 Å². The molecule has 29 heavy (non-hydrogen) atoms. The fourth-order valence-electron chi connectivity index (χ4n) is 2.53. The Hall–Kier alpha value is -1.36. The van der Waals surface area contributed by atoms with Gasteiger partial charge in [-0.25, -0.2) is 4.99 Å². The van der Waals surface area contributed by atoms with Gasteiger partial charge in [0.25, 0.3) is 0 Å². The van der Waals surface area contributed by atoms with Crippen LogP contribution in [-0.2, 0) is 19.1 Å². The summed E-state index contributed by atoms with van der Waals surface area (Å²) in [6.45, 7) is 1.55. The Labute approximate surface area is 191 Å². The van der Waals surface area contributed by atoms with Crippen molar-refractivity contribution in [1.29, 1.82) is 0 Å². The minimum Gasteiger partial charge on any atom is -0.469 e. The Morgan fingerprint density at radius 3 is 2.59 bits per heavy atom. The largest absolute Gasteiger partial charge is 0.469 e. The normalized spacial score (nSPS) is 11.8. The van der Waals surface area contributed by atoms with Crippen molar-refractivity contribution in [3.8, 4) is 0 Å². The van der Waals surface area contributed by atoms with Crippen LogP contribution in [0.1, 0.15) is 29.7 Å². The molecular weight excluding hydrogens is 514 g/mol. The van der Waals surface area contributed by atoms with E-state index in [0.717, 1.165) is 43.0 Å². The van der Waals surface area contributed by atoms with E-state index in [9.17, 15) is 13.2 Å². The lowest BCUT2D eigenvalue weighted by atomic mass is 10.1. The molecule has 162 valence electrons. The van der Waals surface area contributed by atoms with E-state index in [4.69, 9.17) is 4.42 Å². The van der Waals surface area contributed by atoms with Crippen LogP contribution in [0, 0.1) is 0 Å². The number of rotatable bonds is 10.